The third-order valence-electron chi connectivity index (χ3n) is 6.37. The second-order valence-corrected chi connectivity index (χ2v) is 10.9. The van der Waals surface area contributed by atoms with Crippen LogP contribution < -0.4 is 4.74 Å². The molecule has 7 heteroatoms. The Hall–Kier alpha value is -2.67. The van der Waals surface area contributed by atoms with Crippen LogP contribution in [0.4, 0.5) is 0 Å². The van der Waals surface area contributed by atoms with Gasteiger partial charge in [-0.1, -0.05) is 49.6 Å². The molecule has 2 aromatic rings. The first-order valence-corrected chi connectivity index (χ1v) is 13.1. The van der Waals surface area contributed by atoms with Crippen LogP contribution in [0.15, 0.2) is 54.6 Å². The van der Waals surface area contributed by atoms with Gasteiger partial charge in [0.2, 0.25) is 0 Å². The molecule has 0 N–H and O–H groups in total. The van der Waals surface area contributed by atoms with E-state index in [1.807, 2.05) is 18.2 Å². The third-order valence-corrected chi connectivity index (χ3v) is 8.12. The van der Waals surface area contributed by atoms with Crippen molar-refractivity contribution in [1.82, 2.24) is 4.90 Å². The SMILES string of the molecule is O=C(c1ccccc1)c1ccc(OCC(=O)N(C2CCCCC2)C2CCS(=O)(=O)C2)cc1. The van der Waals surface area contributed by atoms with Crippen LogP contribution in [-0.4, -0.2) is 55.2 Å². The number of ketones is 1. The minimum absolute atomic E-state index is 0.0472. The van der Waals surface area contributed by atoms with Gasteiger partial charge in [-0.3, -0.25) is 9.59 Å². The van der Waals surface area contributed by atoms with Crippen LogP contribution in [-0.2, 0) is 14.6 Å². The molecule has 0 bridgehead atoms. The number of ether oxygens (including phenoxy) is 1. The van der Waals surface area contributed by atoms with E-state index in [-0.39, 0.29) is 41.9 Å². The number of amides is 1. The fourth-order valence-corrected chi connectivity index (χ4v) is 6.45. The molecule has 2 aromatic carbocycles. The fourth-order valence-electron chi connectivity index (χ4n) is 4.74. The Morgan fingerprint density at radius 2 is 1.50 bits per heavy atom. The minimum atomic E-state index is -3.08. The molecule has 1 aliphatic carbocycles. The van der Waals surface area contributed by atoms with E-state index in [2.05, 4.69) is 0 Å². The maximum absolute atomic E-state index is 13.1. The number of hydrogen-bond acceptors (Lipinski definition) is 5. The molecule has 2 aliphatic rings. The van der Waals surface area contributed by atoms with Crippen LogP contribution in [0.25, 0.3) is 0 Å². The monoisotopic (exact) mass is 455 g/mol. The van der Waals surface area contributed by atoms with E-state index in [9.17, 15) is 18.0 Å². The molecular weight excluding hydrogens is 426 g/mol. The zero-order valence-corrected chi connectivity index (χ0v) is 18.9. The molecule has 32 heavy (non-hydrogen) atoms. The van der Waals surface area contributed by atoms with Gasteiger partial charge in [0.25, 0.3) is 5.91 Å². The Labute approximate surface area is 189 Å². The Morgan fingerprint density at radius 3 is 2.12 bits per heavy atom. The summed E-state index contributed by atoms with van der Waals surface area (Å²) in [6, 6.07) is 15.6. The molecule has 1 atom stereocenters. The van der Waals surface area contributed by atoms with Crippen LogP contribution in [0.5, 0.6) is 5.75 Å². The van der Waals surface area contributed by atoms with Crippen LogP contribution in [0.1, 0.15) is 54.4 Å². The van der Waals surface area contributed by atoms with Crippen molar-refractivity contribution in [3.05, 3.63) is 65.7 Å². The van der Waals surface area contributed by atoms with Crippen molar-refractivity contribution in [3.63, 3.8) is 0 Å². The quantitative estimate of drug-likeness (QED) is 0.596. The number of carbonyl (C=O) groups is 2. The number of rotatable bonds is 7. The van der Waals surface area contributed by atoms with E-state index in [4.69, 9.17) is 4.74 Å². The average Bonchev–Trinajstić information content (AvgIpc) is 3.18. The highest BCUT2D eigenvalue weighted by molar-refractivity contribution is 7.91. The first-order valence-electron chi connectivity index (χ1n) is 11.3. The van der Waals surface area contributed by atoms with Crippen molar-refractivity contribution < 1.29 is 22.7 Å². The summed E-state index contributed by atoms with van der Waals surface area (Å²) < 4.78 is 29.8. The summed E-state index contributed by atoms with van der Waals surface area (Å²) >= 11 is 0. The molecule has 1 heterocycles. The molecule has 4 rings (SSSR count). The molecule has 6 nitrogen and oxygen atoms in total. The first-order chi connectivity index (χ1) is 15.4. The van der Waals surface area contributed by atoms with E-state index < -0.39 is 9.84 Å². The normalized spacial score (nSPS) is 20.6. The highest BCUT2D eigenvalue weighted by Crippen LogP contribution is 2.28. The summed E-state index contributed by atoms with van der Waals surface area (Å²) in [6.07, 6.45) is 5.61. The van der Waals surface area contributed by atoms with Crippen molar-refractivity contribution in [2.75, 3.05) is 18.1 Å². The standard InChI is InChI=1S/C25H29NO5S/c27-24(26(21-9-5-2-6-10-21)22-15-16-32(29,30)18-22)17-31-23-13-11-20(12-14-23)25(28)19-7-3-1-4-8-19/h1,3-4,7-8,11-14,21-22H,2,5-6,9-10,15-18H2. The van der Waals surface area contributed by atoms with Gasteiger partial charge >= 0.3 is 0 Å². The zero-order valence-electron chi connectivity index (χ0n) is 18.1. The molecule has 0 aromatic heterocycles. The summed E-state index contributed by atoms with van der Waals surface area (Å²) in [5.74, 6) is 0.463. The second-order valence-electron chi connectivity index (χ2n) is 8.66. The van der Waals surface area contributed by atoms with Gasteiger partial charge < -0.3 is 9.64 Å². The summed E-state index contributed by atoms with van der Waals surface area (Å²) in [4.78, 5) is 27.5. The van der Waals surface area contributed by atoms with Crippen molar-refractivity contribution in [2.45, 2.75) is 50.6 Å². The summed E-state index contributed by atoms with van der Waals surface area (Å²) in [6.45, 7) is -0.140. The lowest BCUT2D eigenvalue weighted by Crippen LogP contribution is -2.50. The van der Waals surface area contributed by atoms with E-state index in [1.165, 1.54) is 0 Å². The van der Waals surface area contributed by atoms with Crippen molar-refractivity contribution in [1.29, 1.82) is 0 Å². The maximum Gasteiger partial charge on any atom is 0.261 e. The van der Waals surface area contributed by atoms with Gasteiger partial charge in [0.1, 0.15) is 5.75 Å². The van der Waals surface area contributed by atoms with E-state index in [1.54, 1.807) is 41.3 Å². The van der Waals surface area contributed by atoms with Crippen molar-refractivity contribution in [3.8, 4) is 5.75 Å². The van der Waals surface area contributed by atoms with Crippen LogP contribution in [0.2, 0.25) is 0 Å². The Kier molecular flexibility index (Phi) is 6.94. The molecular formula is C25H29NO5S. The molecule has 0 radical (unpaired) electrons. The van der Waals surface area contributed by atoms with E-state index >= 15 is 0 Å². The van der Waals surface area contributed by atoms with Gasteiger partial charge in [-0.15, -0.1) is 0 Å². The Balaban J connectivity index is 1.41. The van der Waals surface area contributed by atoms with Crippen LogP contribution in [0.3, 0.4) is 0 Å². The van der Waals surface area contributed by atoms with Gasteiger partial charge in [0.05, 0.1) is 11.5 Å². The van der Waals surface area contributed by atoms with E-state index in [0.717, 1.165) is 32.1 Å². The molecule has 1 aliphatic heterocycles. The van der Waals surface area contributed by atoms with Crippen LogP contribution >= 0.6 is 0 Å². The molecule has 2 fully saturated rings. The van der Waals surface area contributed by atoms with Gasteiger partial charge in [0.15, 0.2) is 22.2 Å². The third kappa shape index (κ3) is 5.38. The molecule has 1 unspecified atom stereocenters. The number of carbonyl (C=O) groups excluding carboxylic acids is 2. The topological polar surface area (TPSA) is 80.8 Å². The number of nitrogens with zero attached hydrogens (tertiary/aromatic N) is 1. The maximum atomic E-state index is 13.1. The molecule has 170 valence electrons. The lowest BCUT2D eigenvalue weighted by molar-refractivity contribution is -0.138. The number of benzene rings is 2. The van der Waals surface area contributed by atoms with Crippen molar-refractivity contribution >= 4 is 21.5 Å². The summed E-state index contributed by atoms with van der Waals surface area (Å²) in [7, 11) is -3.08. The number of sulfone groups is 1. The smallest absolute Gasteiger partial charge is 0.261 e. The second kappa shape index (κ2) is 9.86. The van der Waals surface area contributed by atoms with Gasteiger partial charge in [-0.2, -0.15) is 0 Å². The van der Waals surface area contributed by atoms with Crippen molar-refractivity contribution in [2.24, 2.45) is 0 Å². The average molecular weight is 456 g/mol. The predicted octanol–water partition coefficient (Wildman–Crippen LogP) is 3.64. The summed E-state index contributed by atoms with van der Waals surface area (Å²) in [5.41, 5.74) is 1.17. The molecule has 1 saturated heterocycles. The Bertz CT molecular complexity index is 1040. The predicted molar refractivity (Wildman–Crippen MR) is 123 cm³/mol. The lowest BCUT2D eigenvalue weighted by atomic mass is 9.93. The first kappa shape index (κ1) is 22.5. The fraction of sp³-hybridized carbons (Fsp3) is 0.440. The zero-order chi connectivity index (χ0) is 22.6. The molecule has 0 spiro atoms. The van der Waals surface area contributed by atoms with Gasteiger partial charge in [0, 0.05) is 23.2 Å². The van der Waals surface area contributed by atoms with Crippen LogP contribution in [0, 0.1) is 0 Å². The number of hydrogen-bond donors (Lipinski definition) is 0. The minimum Gasteiger partial charge on any atom is -0.484 e. The largest absolute Gasteiger partial charge is 0.484 e. The lowest BCUT2D eigenvalue weighted by Gasteiger charge is -2.38. The molecule has 1 amide bonds. The van der Waals surface area contributed by atoms with Gasteiger partial charge in [-0.05, 0) is 43.5 Å². The molecule has 1 saturated carbocycles. The highest BCUT2D eigenvalue weighted by Gasteiger charge is 2.38. The summed E-state index contributed by atoms with van der Waals surface area (Å²) in [5, 5.41) is 0. The van der Waals surface area contributed by atoms with Gasteiger partial charge in [-0.25, -0.2) is 8.42 Å². The Morgan fingerprint density at radius 1 is 0.844 bits per heavy atom. The van der Waals surface area contributed by atoms with E-state index in [0.29, 0.717) is 23.3 Å². The highest BCUT2D eigenvalue weighted by atomic mass is 32.2.